The highest BCUT2D eigenvalue weighted by atomic mass is 35.5. The molecule has 0 amide bonds. The molecule has 2 unspecified atom stereocenters. The molecule has 1 aliphatic rings. The van der Waals surface area contributed by atoms with Crippen LogP contribution in [-0.4, -0.2) is 34.7 Å². The monoisotopic (exact) mass is 348 g/mol. The Bertz CT molecular complexity index is 619. The predicted octanol–water partition coefficient (Wildman–Crippen LogP) is 2.01. The van der Waals surface area contributed by atoms with Crippen LogP contribution in [0.5, 0.6) is 5.75 Å². The van der Waals surface area contributed by atoms with E-state index in [-0.39, 0.29) is 23.3 Å². The average Bonchev–Trinajstić information content (AvgIpc) is 2.39. The zero-order valence-electron chi connectivity index (χ0n) is 13.5. The normalized spacial score (nSPS) is 22.0. The molecule has 5 nitrogen and oxygen atoms in total. The van der Waals surface area contributed by atoms with Gasteiger partial charge in [-0.1, -0.05) is 13.0 Å². The van der Waals surface area contributed by atoms with E-state index in [0.29, 0.717) is 23.8 Å². The lowest BCUT2D eigenvalue weighted by Gasteiger charge is -2.30. The highest BCUT2D eigenvalue weighted by Crippen LogP contribution is 2.29. The molecule has 1 fully saturated rings. The smallest absolute Gasteiger partial charge is 0.244 e. The van der Waals surface area contributed by atoms with E-state index in [9.17, 15) is 8.42 Å². The van der Waals surface area contributed by atoms with Crippen molar-refractivity contribution in [1.29, 1.82) is 0 Å². The van der Waals surface area contributed by atoms with Crippen molar-refractivity contribution in [3.8, 4) is 5.75 Å². The summed E-state index contributed by atoms with van der Waals surface area (Å²) in [7, 11) is -2.10. The van der Waals surface area contributed by atoms with Crippen molar-refractivity contribution in [2.24, 2.45) is 5.92 Å². The summed E-state index contributed by atoms with van der Waals surface area (Å²) in [6.07, 6.45) is 0.969. The van der Waals surface area contributed by atoms with E-state index >= 15 is 0 Å². The summed E-state index contributed by atoms with van der Waals surface area (Å²) in [5.74, 6) is 0.717. The second kappa shape index (κ2) is 7.64. The molecular formula is C15H25ClN2O3S. The fraction of sp³-hybridized carbons (Fsp3) is 0.600. The van der Waals surface area contributed by atoms with Crippen LogP contribution in [0.1, 0.15) is 24.5 Å². The third kappa shape index (κ3) is 4.13. The maximum absolute atomic E-state index is 12.7. The molecule has 1 saturated heterocycles. The quantitative estimate of drug-likeness (QED) is 0.873. The Kier molecular flexibility index (Phi) is 6.67. The minimum absolute atomic E-state index is 0. The number of nitrogens with one attached hydrogen (secondary N) is 2. The number of piperidine rings is 1. The average molecular weight is 349 g/mol. The van der Waals surface area contributed by atoms with Crippen molar-refractivity contribution < 1.29 is 13.2 Å². The van der Waals surface area contributed by atoms with Crippen LogP contribution >= 0.6 is 12.4 Å². The summed E-state index contributed by atoms with van der Waals surface area (Å²) in [4.78, 5) is 0.244. The lowest BCUT2D eigenvalue weighted by atomic mass is 9.96. The van der Waals surface area contributed by atoms with Crippen molar-refractivity contribution in [1.82, 2.24) is 10.0 Å². The van der Waals surface area contributed by atoms with Crippen LogP contribution in [0.15, 0.2) is 17.0 Å². The van der Waals surface area contributed by atoms with Crippen LogP contribution in [0.25, 0.3) is 0 Å². The number of methoxy groups -OCH3 is 1. The van der Waals surface area contributed by atoms with Gasteiger partial charge in [-0.25, -0.2) is 13.1 Å². The molecular weight excluding hydrogens is 324 g/mol. The molecule has 1 aromatic carbocycles. The number of halogens is 1. The Morgan fingerprint density at radius 1 is 1.32 bits per heavy atom. The van der Waals surface area contributed by atoms with E-state index in [4.69, 9.17) is 4.74 Å². The second-order valence-corrected chi connectivity index (χ2v) is 7.46. The first-order chi connectivity index (χ1) is 9.85. The number of rotatable bonds is 4. The highest BCUT2D eigenvalue weighted by molar-refractivity contribution is 7.89. The van der Waals surface area contributed by atoms with E-state index < -0.39 is 10.0 Å². The fourth-order valence-corrected chi connectivity index (χ4v) is 4.54. The summed E-state index contributed by atoms with van der Waals surface area (Å²) < 4.78 is 33.6. The Balaban J connectivity index is 0.00000242. The molecule has 7 heteroatoms. The van der Waals surface area contributed by atoms with E-state index in [1.165, 1.54) is 7.11 Å². The number of hydrogen-bond acceptors (Lipinski definition) is 4. The first-order valence-electron chi connectivity index (χ1n) is 7.23. The Labute approximate surface area is 139 Å². The van der Waals surface area contributed by atoms with Gasteiger partial charge in [-0.2, -0.15) is 0 Å². The molecule has 1 aromatic rings. The first kappa shape index (κ1) is 19.2. The van der Waals surface area contributed by atoms with Crippen molar-refractivity contribution in [3.63, 3.8) is 0 Å². The van der Waals surface area contributed by atoms with Gasteiger partial charge in [-0.05, 0) is 49.9 Å². The van der Waals surface area contributed by atoms with E-state index in [1.807, 2.05) is 13.0 Å². The standard InChI is InChI=1S/C15H24N2O3S.ClH/c1-10-7-12(3)15(14(8-10)20-4)21(18,19)17-13-9-16-6-5-11(13)2;/h7-8,11,13,16-17H,5-6,9H2,1-4H3;1H. The first-order valence-corrected chi connectivity index (χ1v) is 8.71. The van der Waals surface area contributed by atoms with Crippen LogP contribution in [-0.2, 0) is 10.0 Å². The molecule has 0 spiro atoms. The van der Waals surface area contributed by atoms with E-state index in [1.54, 1.807) is 13.0 Å². The van der Waals surface area contributed by atoms with Crippen molar-refractivity contribution in [3.05, 3.63) is 23.3 Å². The summed E-state index contributed by atoms with van der Waals surface area (Å²) >= 11 is 0. The maximum atomic E-state index is 12.7. The zero-order valence-corrected chi connectivity index (χ0v) is 15.1. The lowest BCUT2D eigenvalue weighted by molar-refractivity contribution is 0.326. The van der Waals surface area contributed by atoms with E-state index in [0.717, 1.165) is 18.5 Å². The molecule has 1 aliphatic heterocycles. The Hall–Kier alpha value is -0.820. The fourth-order valence-electron chi connectivity index (χ4n) is 2.82. The van der Waals surface area contributed by atoms with Gasteiger partial charge in [0.05, 0.1) is 7.11 Å². The third-order valence-electron chi connectivity index (χ3n) is 4.01. The van der Waals surface area contributed by atoms with Gasteiger partial charge in [-0.3, -0.25) is 0 Å². The molecule has 2 atom stereocenters. The van der Waals surface area contributed by atoms with Crippen LogP contribution in [0.2, 0.25) is 0 Å². The number of ether oxygens (including phenoxy) is 1. The minimum atomic E-state index is -3.60. The molecule has 2 N–H and O–H groups in total. The van der Waals surface area contributed by atoms with Gasteiger partial charge in [0, 0.05) is 12.6 Å². The largest absolute Gasteiger partial charge is 0.495 e. The van der Waals surface area contributed by atoms with Crippen molar-refractivity contribution in [2.45, 2.75) is 38.1 Å². The Morgan fingerprint density at radius 2 is 2.00 bits per heavy atom. The summed E-state index contributed by atoms with van der Waals surface area (Å²) in [5.41, 5.74) is 1.69. The van der Waals surface area contributed by atoms with Crippen molar-refractivity contribution >= 4 is 22.4 Å². The van der Waals surface area contributed by atoms with E-state index in [2.05, 4.69) is 17.0 Å². The van der Waals surface area contributed by atoms with Crippen molar-refractivity contribution in [2.75, 3.05) is 20.2 Å². The molecule has 0 saturated carbocycles. The molecule has 126 valence electrons. The summed E-state index contributed by atoms with van der Waals surface area (Å²) in [6, 6.07) is 3.53. The molecule has 0 aromatic heterocycles. The van der Waals surface area contributed by atoms with Crippen LogP contribution in [0, 0.1) is 19.8 Å². The number of aryl methyl sites for hydroxylation is 2. The number of sulfonamides is 1. The van der Waals surface area contributed by atoms with Gasteiger partial charge in [0.1, 0.15) is 10.6 Å². The lowest BCUT2D eigenvalue weighted by Crippen LogP contribution is -2.50. The predicted molar refractivity (Wildman–Crippen MR) is 90.5 cm³/mol. The van der Waals surface area contributed by atoms with Crippen LogP contribution in [0.4, 0.5) is 0 Å². The summed E-state index contributed by atoms with van der Waals surface area (Å²) in [6.45, 7) is 7.40. The minimum Gasteiger partial charge on any atom is -0.495 e. The van der Waals surface area contributed by atoms with Crippen LogP contribution < -0.4 is 14.8 Å². The topological polar surface area (TPSA) is 67.4 Å². The Morgan fingerprint density at radius 3 is 2.59 bits per heavy atom. The number of benzene rings is 1. The molecule has 22 heavy (non-hydrogen) atoms. The SMILES string of the molecule is COc1cc(C)cc(C)c1S(=O)(=O)NC1CNCCC1C.Cl. The molecule has 0 radical (unpaired) electrons. The molecule has 0 bridgehead atoms. The van der Waals surface area contributed by atoms with Crippen LogP contribution in [0.3, 0.4) is 0 Å². The highest BCUT2D eigenvalue weighted by Gasteiger charge is 2.29. The third-order valence-corrected chi connectivity index (χ3v) is 5.68. The molecule has 1 heterocycles. The van der Waals surface area contributed by atoms with Gasteiger partial charge in [0.2, 0.25) is 10.0 Å². The zero-order chi connectivity index (χ0) is 15.6. The summed E-state index contributed by atoms with van der Waals surface area (Å²) in [5, 5.41) is 3.23. The van der Waals surface area contributed by atoms with Gasteiger partial charge >= 0.3 is 0 Å². The number of hydrogen-bond donors (Lipinski definition) is 2. The maximum Gasteiger partial charge on any atom is 0.244 e. The van der Waals surface area contributed by atoms with Gasteiger partial charge in [0.15, 0.2) is 0 Å². The van der Waals surface area contributed by atoms with Gasteiger partial charge in [0.25, 0.3) is 0 Å². The van der Waals surface area contributed by atoms with Gasteiger partial charge in [-0.15, -0.1) is 12.4 Å². The second-order valence-electron chi connectivity index (χ2n) is 5.81. The molecule has 2 rings (SSSR count). The van der Waals surface area contributed by atoms with Gasteiger partial charge < -0.3 is 10.1 Å². The molecule has 0 aliphatic carbocycles.